The molecule has 1 N–H and O–H groups in total. The first kappa shape index (κ1) is 13.6. The zero-order valence-electron chi connectivity index (χ0n) is 11.3. The van der Waals surface area contributed by atoms with Gasteiger partial charge in [-0.2, -0.15) is 10.4 Å². The van der Waals surface area contributed by atoms with Crippen molar-refractivity contribution in [3.05, 3.63) is 40.6 Å². The molecule has 2 rings (SSSR count). The maximum absolute atomic E-state index is 11.0. The van der Waals surface area contributed by atoms with Gasteiger partial charge in [0.25, 0.3) is 0 Å². The number of aryl methyl sites for hydroxylation is 3. The molecule has 0 aliphatic heterocycles. The van der Waals surface area contributed by atoms with Crippen LogP contribution >= 0.6 is 0 Å². The summed E-state index contributed by atoms with van der Waals surface area (Å²) in [4.78, 5) is 11.0. The number of carbonyl (C=O) groups is 1. The number of hydrogen-bond donors (Lipinski definition) is 1. The number of nitriles is 1. The van der Waals surface area contributed by atoms with Gasteiger partial charge in [0.1, 0.15) is 17.4 Å². The third-order valence-electron chi connectivity index (χ3n) is 2.92. The van der Waals surface area contributed by atoms with Crippen molar-refractivity contribution in [2.24, 2.45) is 7.05 Å². The standard InChI is InChI=1S/C14H13N3O3/c1-8-6-10(4-5-11(8)14(18)19)20-13-12(7-15)9(2)16-17(13)3/h4-6H,1-3H3,(H,18,19). The summed E-state index contributed by atoms with van der Waals surface area (Å²) >= 11 is 0. The lowest BCUT2D eigenvalue weighted by molar-refractivity contribution is 0.0696. The van der Waals surface area contributed by atoms with Crippen LogP contribution in [0.3, 0.4) is 0 Å². The van der Waals surface area contributed by atoms with E-state index in [0.717, 1.165) is 0 Å². The van der Waals surface area contributed by atoms with E-state index in [4.69, 9.17) is 15.1 Å². The molecule has 1 aromatic heterocycles. The molecule has 102 valence electrons. The zero-order valence-corrected chi connectivity index (χ0v) is 11.3. The molecule has 0 unspecified atom stereocenters. The molecule has 1 heterocycles. The second-order valence-corrected chi connectivity index (χ2v) is 4.38. The van der Waals surface area contributed by atoms with Gasteiger partial charge in [-0.05, 0) is 37.6 Å². The van der Waals surface area contributed by atoms with E-state index in [1.54, 1.807) is 33.0 Å². The normalized spacial score (nSPS) is 10.1. The number of hydrogen-bond acceptors (Lipinski definition) is 4. The minimum absolute atomic E-state index is 0.221. The highest BCUT2D eigenvalue weighted by molar-refractivity contribution is 5.89. The van der Waals surface area contributed by atoms with Gasteiger partial charge in [-0.15, -0.1) is 0 Å². The Labute approximate surface area is 115 Å². The van der Waals surface area contributed by atoms with Gasteiger partial charge in [-0.25, -0.2) is 9.48 Å². The lowest BCUT2D eigenvalue weighted by atomic mass is 10.1. The first-order valence-electron chi connectivity index (χ1n) is 5.89. The van der Waals surface area contributed by atoms with E-state index in [0.29, 0.717) is 28.5 Å². The van der Waals surface area contributed by atoms with E-state index in [9.17, 15) is 4.79 Å². The second-order valence-electron chi connectivity index (χ2n) is 4.38. The highest BCUT2D eigenvalue weighted by Crippen LogP contribution is 2.27. The Morgan fingerprint density at radius 2 is 2.15 bits per heavy atom. The van der Waals surface area contributed by atoms with Gasteiger partial charge in [-0.3, -0.25) is 0 Å². The van der Waals surface area contributed by atoms with Crippen molar-refractivity contribution in [1.82, 2.24) is 9.78 Å². The van der Waals surface area contributed by atoms with Crippen LogP contribution in [0.15, 0.2) is 18.2 Å². The average Bonchev–Trinajstić information content (AvgIpc) is 2.63. The van der Waals surface area contributed by atoms with Crippen LogP contribution < -0.4 is 4.74 Å². The fourth-order valence-corrected chi connectivity index (χ4v) is 1.93. The van der Waals surface area contributed by atoms with Gasteiger partial charge in [0.15, 0.2) is 0 Å². The number of rotatable bonds is 3. The van der Waals surface area contributed by atoms with Crippen LogP contribution in [0, 0.1) is 25.2 Å². The molecule has 6 heteroatoms. The first-order valence-corrected chi connectivity index (χ1v) is 5.89. The molecule has 20 heavy (non-hydrogen) atoms. The van der Waals surface area contributed by atoms with Gasteiger partial charge in [-0.1, -0.05) is 0 Å². The Kier molecular flexibility index (Phi) is 3.44. The molecule has 0 saturated carbocycles. The largest absolute Gasteiger partial charge is 0.478 e. The summed E-state index contributed by atoms with van der Waals surface area (Å²) in [5, 5.41) is 22.2. The van der Waals surface area contributed by atoms with E-state index in [1.807, 2.05) is 6.07 Å². The molecular weight excluding hydrogens is 258 g/mol. The molecule has 0 saturated heterocycles. The molecule has 0 bridgehead atoms. The lowest BCUT2D eigenvalue weighted by Gasteiger charge is -2.08. The van der Waals surface area contributed by atoms with Gasteiger partial charge in [0, 0.05) is 7.05 Å². The Hall–Kier alpha value is -2.81. The summed E-state index contributed by atoms with van der Waals surface area (Å²) in [6.45, 7) is 3.42. The van der Waals surface area contributed by atoms with Crippen LogP contribution in [-0.2, 0) is 7.05 Å². The van der Waals surface area contributed by atoms with Crippen LogP contribution in [0.4, 0.5) is 0 Å². The molecular formula is C14H13N3O3. The smallest absolute Gasteiger partial charge is 0.335 e. The monoisotopic (exact) mass is 271 g/mol. The van der Waals surface area contributed by atoms with Crippen molar-refractivity contribution in [2.45, 2.75) is 13.8 Å². The predicted octanol–water partition coefficient (Wildman–Crippen LogP) is 2.40. The number of carboxylic acid groups (broad SMARTS) is 1. The minimum atomic E-state index is -0.983. The highest BCUT2D eigenvalue weighted by atomic mass is 16.5. The van der Waals surface area contributed by atoms with Crippen molar-refractivity contribution < 1.29 is 14.6 Å². The van der Waals surface area contributed by atoms with Crippen molar-refractivity contribution in [3.8, 4) is 17.7 Å². The first-order chi connectivity index (χ1) is 9.43. The topological polar surface area (TPSA) is 88.1 Å². The molecule has 0 spiro atoms. The molecule has 0 amide bonds. The van der Waals surface area contributed by atoms with Gasteiger partial charge < -0.3 is 9.84 Å². The van der Waals surface area contributed by atoms with E-state index in [1.165, 1.54) is 10.7 Å². The van der Waals surface area contributed by atoms with Crippen LogP contribution in [0.2, 0.25) is 0 Å². The Bertz CT molecular complexity index is 726. The van der Waals surface area contributed by atoms with Crippen molar-refractivity contribution >= 4 is 5.97 Å². The predicted molar refractivity (Wildman–Crippen MR) is 70.9 cm³/mol. The molecule has 0 atom stereocenters. The van der Waals surface area contributed by atoms with E-state index < -0.39 is 5.97 Å². The summed E-state index contributed by atoms with van der Waals surface area (Å²) in [5.74, 6) is -0.178. The number of carboxylic acids is 1. The number of aromatic carboxylic acids is 1. The Morgan fingerprint density at radius 3 is 2.70 bits per heavy atom. The third kappa shape index (κ3) is 2.34. The van der Waals surface area contributed by atoms with Gasteiger partial charge in [0.2, 0.25) is 5.88 Å². The van der Waals surface area contributed by atoms with E-state index in [2.05, 4.69) is 5.10 Å². The van der Waals surface area contributed by atoms with E-state index >= 15 is 0 Å². The molecule has 2 aromatic rings. The maximum Gasteiger partial charge on any atom is 0.335 e. The number of benzene rings is 1. The molecule has 6 nitrogen and oxygen atoms in total. The highest BCUT2D eigenvalue weighted by Gasteiger charge is 2.16. The molecule has 0 aliphatic rings. The molecule has 0 radical (unpaired) electrons. The summed E-state index contributed by atoms with van der Waals surface area (Å²) < 4.78 is 7.13. The Morgan fingerprint density at radius 1 is 1.45 bits per heavy atom. The van der Waals surface area contributed by atoms with Crippen molar-refractivity contribution in [1.29, 1.82) is 5.26 Å². The average molecular weight is 271 g/mol. The maximum atomic E-state index is 11.0. The zero-order chi connectivity index (χ0) is 14.9. The van der Waals surface area contributed by atoms with Gasteiger partial charge >= 0.3 is 5.97 Å². The van der Waals surface area contributed by atoms with Gasteiger partial charge in [0.05, 0.1) is 11.3 Å². The summed E-state index contributed by atoms with van der Waals surface area (Å²) in [6, 6.07) is 6.69. The fourth-order valence-electron chi connectivity index (χ4n) is 1.93. The number of nitrogens with zero attached hydrogens (tertiary/aromatic N) is 3. The molecule has 0 fully saturated rings. The molecule has 1 aromatic carbocycles. The van der Waals surface area contributed by atoms with Crippen molar-refractivity contribution in [2.75, 3.05) is 0 Å². The Balaban J connectivity index is 2.39. The molecule has 0 aliphatic carbocycles. The van der Waals surface area contributed by atoms with Crippen molar-refractivity contribution in [3.63, 3.8) is 0 Å². The fraction of sp³-hybridized carbons (Fsp3) is 0.214. The van der Waals surface area contributed by atoms with E-state index in [-0.39, 0.29) is 5.56 Å². The SMILES string of the molecule is Cc1cc(Oc2c(C#N)c(C)nn2C)ccc1C(=O)O. The quantitative estimate of drug-likeness (QED) is 0.926. The third-order valence-corrected chi connectivity index (χ3v) is 2.92. The van der Waals surface area contributed by atoms with Crippen LogP contribution in [0.1, 0.15) is 27.2 Å². The van der Waals surface area contributed by atoms with Crippen LogP contribution in [0.25, 0.3) is 0 Å². The lowest BCUT2D eigenvalue weighted by Crippen LogP contribution is -2.01. The second kappa shape index (κ2) is 5.05. The summed E-state index contributed by atoms with van der Waals surface area (Å²) in [5.41, 5.74) is 1.77. The number of aromatic nitrogens is 2. The summed E-state index contributed by atoms with van der Waals surface area (Å²) in [7, 11) is 1.68. The van der Waals surface area contributed by atoms with Crippen LogP contribution in [0.5, 0.6) is 11.6 Å². The summed E-state index contributed by atoms with van der Waals surface area (Å²) in [6.07, 6.45) is 0. The minimum Gasteiger partial charge on any atom is -0.478 e. The number of ether oxygens (including phenoxy) is 1. The van der Waals surface area contributed by atoms with Crippen LogP contribution in [-0.4, -0.2) is 20.9 Å².